The summed E-state index contributed by atoms with van der Waals surface area (Å²) in [7, 11) is 0. The van der Waals surface area contributed by atoms with Crippen molar-refractivity contribution >= 4 is 23.4 Å². The number of anilines is 1. The van der Waals surface area contributed by atoms with E-state index < -0.39 is 11.9 Å². The largest absolute Gasteiger partial charge is 0.398 e. The minimum Gasteiger partial charge on any atom is -0.325 e. The number of para-hydroxylation sites is 1. The third-order valence-electron chi connectivity index (χ3n) is 2.99. The van der Waals surface area contributed by atoms with Gasteiger partial charge < -0.3 is 11.1 Å². The fourth-order valence-electron chi connectivity index (χ4n) is 2.00. The molecule has 3 N–H and O–H groups in total. The second kappa shape index (κ2) is 6.53. The molecule has 0 fully saturated rings. The maximum Gasteiger partial charge on any atom is 0.398 e. The first kappa shape index (κ1) is 15.9. The number of alkyl halides is 3. The van der Waals surface area contributed by atoms with Crippen LogP contribution in [0.25, 0.3) is 0 Å². The highest BCUT2D eigenvalue weighted by Crippen LogP contribution is 2.32. The van der Waals surface area contributed by atoms with Gasteiger partial charge in [-0.1, -0.05) is 24.3 Å². The lowest BCUT2D eigenvalue weighted by atomic mass is 10.1. The number of nitrogens with two attached hydrogens (primary N) is 1. The van der Waals surface area contributed by atoms with Gasteiger partial charge in [-0.15, -0.1) is 11.8 Å². The van der Waals surface area contributed by atoms with Crippen molar-refractivity contribution in [2.24, 2.45) is 11.7 Å². The molecule has 0 radical (unpaired) electrons. The molecule has 1 aromatic carbocycles. The summed E-state index contributed by atoms with van der Waals surface area (Å²) in [5, 5.41) is 2.68. The van der Waals surface area contributed by atoms with E-state index in [2.05, 4.69) is 5.32 Å². The Labute approximate surface area is 124 Å². The molecule has 1 aliphatic carbocycles. The van der Waals surface area contributed by atoms with Crippen molar-refractivity contribution in [1.29, 1.82) is 0 Å². The first-order chi connectivity index (χ1) is 9.85. The number of rotatable bonds is 4. The van der Waals surface area contributed by atoms with Crippen LogP contribution in [0, 0.1) is 5.92 Å². The van der Waals surface area contributed by atoms with Crippen molar-refractivity contribution in [2.75, 3.05) is 11.1 Å². The van der Waals surface area contributed by atoms with Crippen molar-refractivity contribution < 1.29 is 18.0 Å². The molecule has 7 heteroatoms. The highest BCUT2D eigenvalue weighted by atomic mass is 32.2. The molecule has 0 aliphatic heterocycles. The number of benzene rings is 1. The molecular weight excluding hydrogens is 301 g/mol. The van der Waals surface area contributed by atoms with Crippen LogP contribution in [0.5, 0.6) is 0 Å². The van der Waals surface area contributed by atoms with Gasteiger partial charge in [-0.3, -0.25) is 4.79 Å². The maximum atomic E-state index is 12.3. The zero-order valence-corrected chi connectivity index (χ0v) is 11.9. The molecule has 2 atom stereocenters. The van der Waals surface area contributed by atoms with E-state index in [9.17, 15) is 18.0 Å². The third kappa shape index (κ3) is 4.78. The monoisotopic (exact) mass is 316 g/mol. The van der Waals surface area contributed by atoms with E-state index in [4.69, 9.17) is 5.73 Å². The molecule has 0 saturated carbocycles. The van der Waals surface area contributed by atoms with E-state index >= 15 is 0 Å². The minimum atomic E-state index is -4.25. The fraction of sp³-hybridized carbons (Fsp3) is 0.357. The van der Waals surface area contributed by atoms with Crippen LogP contribution in [0.4, 0.5) is 18.9 Å². The zero-order valence-electron chi connectivity index (χ0n) is 11.1. The van der Waals surface area contributed by atoms with E-state index in [1.807, 2.05) is 0 Å². The minimum absolute atomic E-state index is 0.143. The molecular formula is C14H15F3N2OS. The molecule has 2 rings (SSSR count). The van der Waals surface area contributed by atoms with Gasteiger partial charge in [0.05, 0.1) is 17.4 Å². The fourth-order valence-corrected chi connectivity index (χ4v) is 2.77. The van der Waals surface area contributed by atoms with Crippen molar-refractivity contribution in [3.05, 3.63) is 36.4 Å². The second-order valence-corrected chi connectivity index (χ2v) is 5.80. The van der Waals surface area contributed by atoms with Crippen molar-refractivity contribution in [1.82, 2.24) is 0 Å². The Morgan fingerprint density at radius 2 is 2.05 bits per heavy atom. The topological polar surface area (TPSA) is 55.1 Å². The van der Waals surface area contributed by atoms with Gasteiger partial charge in [0.25, 0.3) is 0 Å². The molecule has 0 bridgehead atoms. The van der Waals surface area contributed by atoms with Gasteiger partial charge in [-0.05, 0) is 18.6 Å². The summed E-state index contributed by atoms with van der Waals surface area (Å²) in [6.45, 7) is 0. The van der Waals surface area contributed by atoms with Gasteiger partial charge in [0.1, 0.15) is 0 Å². The van der Waals surface area contributed by atoms with Crippen molar-refractivity contribution in [3.63, 3.8) is 0 Å². The normalized spacial score (nSPS) is 21.5. The van der Waals surface area contributed by atoms with Crippen LogP contribution in [0.15, 0.2) is 41.3 Å². The van der Waals surface area contributed by atoms with E-state index in [1.165, 1.54) is 0 Å². The van der Waals surface area contributed by atoms with Crippen LogP contribution in [0.2, 0.25) is 0 Å². The summed E-state index contributed by atoms with van der Waals surface area (Å²) < 4.78 is 36.9. The average Bonchev–Trinajstić information content (AvgIpc) is 2.83. The number of halogens is 3. The Bertz CT molecular complexity index is 545. The highest BCUT2D eigenvalue weighted by Gasteiger charge is 2.28. The molecule has 0 aromatic heterocycles. The number of hydrogen-bond donors (Lipinski definition) is 2. The summed E-state index contributed by atoms with van der Waals surface area (Å²) in [5.74, 6) is -1.58. The number of nitrogens with one attached hydrogen (secondary N) is 1. The SMILES string of the molecule is NC1C=CC(C(=O)Nc2ccccc2SCC(F)(F)F)C1. The Morgan fingerprint density at radius 3 is 2.67 bits per heavy atom. The summed E-state index contributed by atoms with van der Waals surface area (Å²) in [6.07, 6.45) is -0.244. The van der Waals surface area contributed by atoms with Crippen LogP contribution < -0.4 is 11.1 Å². The Hall–Kier alpha value is -1.47. The first-order valence-corrected chi connectivity index (χ1v) is 7.37. The van der Waals surface area contributed by atoms with E-state index in [0.717, 1.165) is 0 Å². The molecule has 0 saturated heterocycles. The molecule has 1 amide bonds. The Balaban J connectivity index is 2.03. The number of thioether (sulfide) groups is 1. The maximum absolute atomic E-state index is 12.3. The van der Waals surface area contributed by atoms with Gasteiger partial charge >= 0.3 is 6.18 Å². The molecule has 1 aliphatic rings. The van der Waals surface area contributed by atoms with E-state index in [-0.39, 0.29) is 17.9 Å². The highest BCUT2D eigenvalue weighted by molar-refractivity contribution is 7.99. The number of carbonyl (C=O) groups is 1. The summed E-state index contributed by atoms with van der Waals surface area (Å²) >= 11 is 0.657. The van der Waals surface area contributed by atoms with Crippen LogP contribution in [-0.4, -0.2) is 23.9 Å². The average molecular weight is 316 g/mol. The van der Waals surface area contributed by atoms with Crippen LogP contribution in [0.1, 0.15) is 6.42 Å². The van der Waals surface area contributed by atoms with Crippen LogP contribution >= 0.6 is 11.8 Å². The zero-order chi connectivity index (χ0) is 15.5. The van der Waals surface area contributed by atoms with Crippen LogP contribution in [-0.2, 0) is 4.79 Å². The first-order valence-electron chi connectivity index (χ1n) is 6.38. The van der Waals surface area contributed by atoms with E-state index in [1.54, 1.807) is 36.4 Å². The van der Waals surface area contributed by atoms with Gasteiger partial charge in [0, 0.05) is 10.9 Å². The quantitative estimate of drug-likeness (QED) is 0.662. The van der Waals surface area contributed by atoms with Crippen molar-refractivity contribution in [3.8, 4) is 0 Å². The number of hydrogen-bond acceptors (Lipinski definition) is 3. The number of amides is 1. The molecule has 0 heterocycles. The predicted molar refractivity (Wildman–Crippen MR) is 77.1 cm³/mol. The second-order valence-electron chi connectivity index (χ2n) is 4.78. The molecule has 1 aromatic rings. The summed E-state index contributed by atoms with van der Waals surface area (Å²) in [5.41, 5.74) is 6.08. The van der Waals surface area contributed by atoms with Crippen LogP contribution in [0.3, 0.4) is 0 Å². The number of carbonyl (C=O) groups excluding carboxylic acids is 1. The molecule has 2 unspecified atom stereocenters. The summed E-state index contributed by atoms with van der Waals surface area (Å²) in [6, 6.07) is 6.32. The Morgan fingerprint density at radius 1 is 1.33 bits per heavy atom. The third-order valence-corrected chi connectivity index (χ3v) is 4.13. The van der Waals surface area contributed by atoms with Gasteiger partial charge in [0.2, 0.25) is 5.91 Å². The van der Waals surface area contributed by atoms with Crippen molar-refractivity contribution in [2.45, 2.75) is 23.5 Å². The van der Waals surface area contributed by atoms with E-state index in [0.29, 0.717) is 28.8 Å². The smallest absolute Gasteiger partial charge is 0.325 e. The lowest BCUT2D eigenvalue weighted by Gasteiger charge is -2.14. The van der Waals surface area contributed by atoms with Gasteiger partial charge in [-0.25, -0.2) is 0 Å². The summed E-state index contributed by atoms with van der Waals surface area (Å²) in [4.78, 5) is 12.5. The molecule has 0 spiro atoms. The molecule has 21 heavy (non-hydrogen) atoms. The molecule has 3 nitrogen and oxygen atoms in total. The standard InChI is InChI=1S/C14H15F3N2OS/c15-14(16,17)8-21-12-4-2-1-3-11(12)19-13(20)9-5-6-10(18)7-9/h1-6,9-10H,7-8,18H2,(H,19,20). The lowest BCUT2D eigenvalue weighted by molar-refractivity contribution is -0.118. The van der Waals surface area contributed by atoms with Gasteiger partial charge in [0.15, 0.2) is 0 Å². The predicted octanol–water partition coefficient (Wildman–Crippen LogP) is 3.18. The Kier molecular flexibility index (Phi) is 4.95. The van der Waals surface area contributed by atoms with Gasteiger partial charge in [-0.2, -0.15) is 13.2 Å². The lowest BCUT2D eigenvalue weighted by Crippen LogP contribution is -2.24. The molecule has 114 valence electrons.